The molecule has 3 aromatic carbocycles. The highest BCUT2D eigenvalue weighted by atomic mass is 19.1. The van der Waals surface area contributed by atoms with E-state index in [9.17, 15) is 4.39 Å². The van der Waals surface area contributed by atoms with E-state index in [1.165, 1.54) is 17.7 Å². The van der Waals surface area contributed by atoms with Gasteiger partial charge in [-0.15, -0.1) is 0 Å². The fraction of sp³-hybridized carbons (Fsp3) is 0.143. The van der Waals surface area contributed by atoms with E-state index in [0.717, 1.165) is 29.1 Å². The van der Waals surface area contributed by atoms with Crippen LogP contribution >= 0.6 is 0 Å². The van der Waals surface area contributed by atoms with Crippen LogP contribution in [0.5, 0.6) is 5.75 Å². The van der Waals surface area contributed by atoms with Gasteiger partial charge in [0, 0.05) is 12.2 Å². The van der Waals surface area contributed by atoms with Gasteiger partial charge in [0.15, 0.2) is 0 Å². The van der Waals surface area contributed by atoms with Crippen LogP contribution in [-0.2, 0) is 13.2 Å². The smallest absolute Gasteiger partial charge is 0.123 e. The average Bonchev–Trinajstić information content (AvgIpc) is 2.60. The Morgan fingerprint density at radius 3 is 2.50 bits per heavy atom. The lowest BCUT2D eigenvalue weighted by molar-refractivity contribution is 0.305. The lowest BCUT2D eigenvalue weighted by Crippen LogP contribution is -2.01. The van der Waals surface area contributed by atoms with Gasteiger partial charge in [-0.1, -0.05) is 42.5 Å². The summed E-state index contributed by atoms with van der Waals surface area (Å²) in [7, 11) is 0. The highest BCUT2D eigenvalue weighted by molar-refractivity contribution is 5.50. The predicted octanol–water partition coefficient (Wildman–Crippen LogP) is 5.33. The molecule has 0 aliphatic carbocycles. The molecule has 3 rings (SSSR count). The quantitative estimate of drug-likeness (QED) is 0.663. The molecular weight excluding hydrogens is 301 g/mol. The van der Waals surface area contributed by atoms with Gasteiger partial charge in [0.05, 0.1) is 0 Å². The first-order chi connectivity index (χ1) is 11.7. The molecular formula is C21H20FNO. The van der Waals surface area contributed by atoms with Crippen LogP contribution in [0.1, 0.15) is 16.7 Å². The zero-order valence-corrected chi connectivity index (χ0v) is 13.6. The Morgan fingerprint density at radius 2 is 1.67 bits per heavy atom. The number of aryl methyl sites for hydroxylation is 1. The lowest BCUT2D eigenvalue weighted by atomic mass is 10.1. The monoisotopic (exact) mass is 321 g/mol. The van der Waals surface area contributed by atoms with Gasteiger partial charge >= 0.3 is 0 Å². The molecule has 0 fully saturated rings. The Labute approximate surface area is 141 Å². The minimum atomic E-state index is -0.243. The molecule has 0 aliphatic rings. The van der Waals surface area contributed by atoms with Crippen LogP contribution in [0.15, 0.2) is 72.8 Å². The zero-order valence-electron chi connectivity index (χ0n) is 13.6. The van der Waals surface area contributed by atoms with E-state index in [1.807, 2.05) is 36.4 Å². The average molecular weight is 321 g/mol. The minimum Gasteiger partial charge on any atom is -0.489 e. The third kappa shape index (κ3) is 4.35. The minimum absolute atomic E-state index is 0.243. The van der Waals surface area contributed by atoms with Crippen molar-refractivity contribution in [1.29, 1.82) is 0 Å². The summed E-state index contributed by atoms with van der Waals surface area (Å²) in [6.07, 6.45) is 0. The summed E-state index contributed by atoms with van der Waals surface area (Å²) in [5.41, 5.74) is 4.30. The normalized spacial score (nSPS) is 10.4. The molecule has 0 radical (unpaired) electrons. The molecule has 2 nitrogen and oxygen atoms in total. The Kier molecular flexibility index (Phi) is 5.12. The van der Waals surface area contributed by atoms with E-state index in [4.69, 9.17) is 4.74 Å². The van der Waals surface area contributed by atoms with Gasteiger partial charge < -0.3 is 10.1 Å². The van der Waals surface area contributed by atoms with Gasteiger partial charge in [0.1, 0.15) is 18.2 Å². The van der Waals surface area contributed by atoms with E-state index < -0.39 is 0 Å². The predicted molar refractivity (Wildman–Crippen MR) is 95.7 cm³/mol. The first-order valence-corrected chi connectivity index (χ1v) is 7.96. The second-order valence-corrected chi connectivity index (χ2v) is 5.73. The van der Waals surface area contributed by atoms with Crippen LogP contribution in [0.4, 0.5) is 10.1 Å². The Morgan fingerprint density at radius 1 is 0.875 bits per heavy atom. The van der Waals surface area contributed by atoms with Gasteiger partial charge in [-0.25, -0.2) is 4.39 Å². The summed E-state index contributed by atoms with van der Waals surface area (Å²) >= 11 is 0. The van der Waals surface area contributed by atoms with Crippen molar-refractivity contribution in [2.75, 3.05) is 5.32 Å². The fourth-order valence-corrected chi connectivity index (χ4v) is 2.51. The van der Waals surface area contributed by atoms with E-state index in [-0.39, 0.29) is 5.82 Å². The highest BCUT2D eigenvalue weighted by Gasteiger charge is 2.01. The van der Waals surface area contributed by atoms with Crippen LogP contribution in [0.2, 0.25) is 0 Å². The third-order valence-electron chi connectivity index (χ3n) is 3.82. The number of para-hydroxylation sites is 1. The molecule has 0 unspecified atom stereocenters. The van der Waals surface area contributed by atoms with E-state index >= 15 is 0 Å². The fourth-order valence-electron chi connectivity index (χ4n) is 2.51. The number of nitrogens with one attached hydrogen (secondary N) is 1. The number of anilines is 1. The number of hydrogen-bond acceptors (Lipinski definition) is 2. The van der Waals surface area contributed by atoms with Crippen LogP contribution in [0.3, 0.4) is 0 Å². The summed E-state index contributed by atoms with van der Waals surface area (Å²) in [5.74, 6) is 0.538. The van der Waals surface area contributed by atoms with Crippen LogP contribution in [0, 0.1) is 12.7 Å². The van der Waals surface area contributed by atoms with Gasteiger partial charge in [-0.05, 0) is 53.9 Å². The van der Waals surface area contributed by atoms with Gasteiger partial charge in [-0.3, -0.25) is 0 Å². The van der Waals surface area contributed by atoms with E-state index in [2.05, 4.69) is 30.4 Å². The van der Waals surface area contributed by atoms with Crippen molar-refractivity contribution in [3.63, 3.8) is 0 Å². The molecule has 0 saturated heterocycles. The van der Waals surface area contributed by atoms with Crippen molar-refractivity contribution in [3.8, 4) is 5.75 Å². The molecule has 0 aromatic heterocycles. The Hall–Kier alpha value is -2.81. The molecule has 24 heavy (non-hydrogen) atoms. The number of halogens is 1. The van der Waals surface area contributed by atoms with Gasteiger partial charge in [0.2, 0.25) is 0 Å². The number of hydrogen-bond donors (Lipinski definition) is 1. The van der Waals surface area contributed by atoms with Crippen LogP contribution in [0.25, 0.3) is 0 Å². The maximum Gasteiger partial charge on any atom is 0.123 e. The molecule has 0 heterocycles. The molecule has 1 N–H and O–H groups in total. The first kappa shape index (κ1) is 16.1. The molecule has 0 bridgehead atoms. The molecule has 0 spiro atoms. The summed E-state index contributed by atoms with van der Waals surface area (Å²) in [6.45, 7) is 3.16. The summed E-state index contributed by atoms with van der Waals surface area (Å²) in [5, 5.41) is 3.43. The van der Waals surface area contributed by atoms with Gasteiger partial charge in [0.25, 0.3) is 0 Å². The van der Waals surface area contributed by atoms with E-state index in [1.54, 1.807) is 6.07 Å². The molecule has 0 aliphatic heterocycles. The topological polar surface area (TPSA) is 21.3 Å². The maximum absolute atomic E-state index is 13.2. The molecule has 0 amide bonds. The SMILES string of the molecule is Cc1ccccc1NCc1cccc(OCc2cccc(F)c2)c1. The van der Waals surface area contributed by atoms with Crippen LogP contribution in [-0.4, -0.2) is 0 Å². The summed E-state index contributed by atoms with van der Waals surface area (Å²) < 4.78 is 19.0. The molecule has 0 saturated carbocycles. The zero-order chi connectivity index (χ0) is 16.8. The highest BCUT2D eigenvalue weighted by Crippen LogP contribution is 2.18. The summed E-state index contributed by atoms with van der Waals surface area (Å²) in [4.78, 5) is 0. The van der Waals surface area contributed by atoms with Crippen molar-refractivity contribution in [2.45, 2.75) is 20.1 Å². The Balaban J connectivity index is 1.60. The van der Waals surface area contributed by atoms with Crippen LogP contribution < -0.4 is 10.1 Å². The summed E-state index contributed by atoms with van der Waals surface area (Å²) in [6, 6.07) is 22.6. The maximum atomic E-state index is 13.2. The molecule has 3 heteroatoms. The first-order valence-electron chi connectivity index (χ1n) is 7.96. The standard InChI is InChI=1S/C21H20FNO/c1-16-6-2-3-11-21(16)23-14-17-7-5-10-20(13-17)24-15-18-8-4-9-19(22)12-18/h2-13,23H,14-15H2,1H3. The number of ether oxygens (including phenoxy) is 1. The number of rotatable bonds is 6. The largest absolute Gasteiger partial charge is 0.489 e. The van der Waals surface area contributed by atoms with Crippen molar-refractivity contribution in [1.82, 2.24) is 0 Å². The van der Waals surface area contributed by atoms with Gasteiger partial charge in [-0.2, -0.15) is 0 Å². The van der Waals surface area contributed by atoms with Crippen molar-refractivity contribution >= 4 is 5.69 Å². The third-order valence-corrected chi connectivity index (χ3v) is 3.82. The lowest BCUT2D eigenvalue weighted by Gasteiger charge is -2.11. The van der Waals surface area contributed by atoms with Crippen molar-refractivity contribution < 1.29 is 9.13 Å². The Bertz CT molecular complexity index is 816. The van der Waals surface area contributed by atoms with Crippen molar-refractivity contribution in [3.05, 3.63) is 95.3 Å². The van der Waals surface area contributed by atoms with Crippen molar-refractivity contribution in [2.24, 2.45) is 0 Å². The molecule has 3 aromatic rings. The molecule has 122 valence electrons. The van der Waals surface area contributed by atoms with E-state index in [0.29, 0.717) is 6.61 Å². The number of benzene rings is 3. The molecule has 0 atom stereocenters. The second kappa shape index (κ2) is 7.64. The second-order valence-electron chi connectivity index (χ2n) is 5.73.